The predicted octanol–water partition coefficient (Wildman–Crippen LogP) is 2.82. The number of aromatic nitrogens is 1. The fraction of sp³-hybridized carbons (Fsp3) is 0.333. The van der Waals surface area contributed by atoms with E-state index in [1.807, 2.05) is 6.07 Å². The van der Waals surface area contributed by atoms with Crippen LogP contribution in [0.1, 0.15) is 23.2 Å². The van der Waals surface area contributed by atoms with Crippen LogP contribution in [0.2, 0.25) is 0 Å². The average molecular weight is 217 g/mol. The standard InChI is InChI=1S/C9H7ClF2N2/c10-4-8-6(1-2-13)3-7(5-14-8)9(11)12/h3,5,9H,1,4H2. The van der Waals surface area contributed by atoms with Crippen LogP contribution < -0.4 is 0 Å². The molecular weight excluding hydrogens is 210 g/mol. The fourth-order valence-electron chi connectivity index (χ4n) is 1.04. The van der Waals surface area contributed by atoms with Gasteiger partial charge in [0.25, 0.3) is 6.43 Å². The normalized spacial score (nSPS) is 10.2. The summed E-state index contributed by atoms with van der Waals surface area (Å²) in [5.74, 6) is 0.126. The lowest BCUT2D eigenvalue weighted by atomic mass is 10.1. The zero-order valence-corrected chi connectivity index (χ0v) is 7.93. The molecule has 74 valence electrons. The van der Waals surface area contributed by atoms with Gasteiger partial charge in [0.2, 0.25) is 0 Å². The van der Waals surface area contributed by atoms with Crippen molar-refractivity contribution in [2.45, 2.75) is 18.7 Å². The molecule has 0 fully saturated rings. The van der Waals surface area contributed by atoms with Crippen molar-refractivity contribution in [3.8, 4) is 6.07 Å². The van der Waals surface area contributed by atoms with Crippen LogP contribution in [0, 0.1) is 11.3 Å². The maximum absolute atomic E-state index is 12.3. The summed E-state index contributed by atoms with van der Waals surface area (Å²) in [6, 6.07) is 3.16. The highest BCUT2D eigenvalue weighted by molar-refractivity contribution is 6.17. The number of rotatable bonds is 3. The van der Waals surface area contributed by atoms with Crippen LogP contribution in [0.3, 0.4) is 0 Å². The molecule has 0 spiro atoms. The SMILES string of the molecule is N#CCc1cc(C(F)F)cnc1CCl. The summed E-state index contributed by atoms with van der Waals surface area (Å²) in [6.45, 7) is 0. The second-order valence-electron chi connectivity index (χ2n) is 2.64. The molecular formula is C9H7ClF2N2. The van der Waals surface area contributed by atoms with E-state index in [0.717, 1.165) is 6.20 Å². The molecule has 2 nitrogen and oxygen atoms in total. The molecule has 0 aliphatic carbocycles. The third kappa shape index (κ3) is 2.39. The Labute approximate surface area is 85.1 Å². The molecule has 1 aromatic heterocycles. The van der Waals surface area contributed by atoms with Gasteiger partial charge in [-0.1, -0.05) is 0 Å². The van der Waals surface area contributed by atoms with E-state index < -0.39 is 6.43 Å². The number of hydrogen-bond acceptors (Lipinski definition) is 2. The summed E-state index contributed by atoms with van der Waals surface area (Å²) in [5.41, 5.74) is 0.780. The van der Waals surface area contributed by atoms with Crippen LogP contribution in [0.15, 0.2) is 12.3 Å². The van der Waals surface area contributed by atoms with Gasteiger partial charge in [-0.25, -0.2) is 8.78 Å². The number of halogens is 3. The lowest BCUT2D eigenvalue weighted by molar-refractivity contribution is 0.151. The summed E-state index contributed by atoms with van der Waals surface area (Å²) in [7, 11) is 0. The van der Waals surface area contributed by atoms with E-state index in [-0.39, 0.29) is 17.9 Å². The van der Waals surface area contributed by atoms with Gasteiger partial charge < -0.3 is 0 Å². The Hall–Kier alpha value is -1.21. The number of pyridine rings is 1. The van der Waals surface area contributed by atoms with Crippen molar-refractivity contribution in [1.29, 1.82) is 5.26 Å². The molecule has 0 saturated carbocycles. The number of nitrogens with zero attached hydrogens (tertiary/aromatic N) is 2. The smallest absolute Gasteiger partial charge is 0.259 e. The number of nitriles is 1. The molecule has 0 atom stereocenters. The third-order valence-corrected chi connectivity index (χ3v) is 1.98. The topological polar surface area (TPSA) is 36.7 Å². The summed E-state index contributed by atoms with van der Waals surface area (Å²) in [6.07, 6.45) is -1.43. The predicted molar refractivity (Wildman–Crippen MR) is 48.1 cm³/mol. The van der Waals surface area contributed by atoms with Crippen molar-refractivity contribution in [3.63, 3.8) is 0 Å². The maximum Gasteiger partial charge on any atom is 0.265 e. The van der Waals surface area contributed by atoms with E-state index >= 15 is 0 Å². The first kappa shape index (κ1) is 10.9. The van der Waals surface area contributed by atoms with E-state index in [9.17, 15) is 8.78 Å². The maximum atomic E-state index is 12.3. The van der Waals surface area contributed by atoms with E-state index in [4.69, 9.17) is 16.9 Å². The van der Waals surface area contributed by atoms with Crippen molar-refractivity contribution in [2.75, 3.05) is 0 Å². The molecule has 0 N–H and O–H groups in total. The molecule has 1 heterocycles. The lowest BCUT2D eigenvalue weighted by Crippen LogP contribution is -1.97. The molecule has 0 unspecified atom stereocenters. The Kier molecular flexibility index (Phi) is 3.78. The van der Waals surface area contributed by atoms with E-state index in [2.05, 4.69) is 4.98 Å². The van der Waals surface area contributed by atoms with Gasteiger partial charge in [-0.3, -0.25) is 4.98 Å². The summed E-state index contributed by atoms with van der Waals surface area (Å²) in [5, 5.41) is 8.46. The first-order valence-corrected chi connectivity index (χ1v) is 4.41. The molecule has 1 aromatic rings. The monoisotopic (exact) mass is 216 g/mol. The molecule has 5 heteroatoms. The van der Waals surface area contributed by atoms with Gasteiger partial charge in [0.05, 0.1) is 24.1 Å². The van der Waals surface area contributed by atoms with Crippen LogP contribution >= 0.6 is 11.6 Å². The molecule has 0 saturated heterocycles. The summed E-state index contributed by atoms with van der Waals surface area (Å²) < 4.78 is 24.5. The van der Waals surface area contributed by atoms with Gasteiger partial charge >= 0.3 is 0 Å². The lowest BCUT2D eigenvalue weighted by Gasteiger charge is -2.05. The van der Waals surface area contributed by atoms with Crippen molar-refractivity contribution in [3.05, 3.63) is 29.1 Å². The van der Waals surface area contributed by atoms with Crippen LogP contribution in [0.5, 0.6) is 0 Å². The van der Waals surface area contributed by atoms with Crippen LogP contribution in [-0.4, -0.2) is 4.98 Å². The van der Waals surface area contributed by atoms with Gasteiger partial charge in [0, 0.05) is 11.8 Å². The number of hydrogen-bond donors (Lipinski definition) is 0. The minimum absolute atomic E-state index is 0.0512. The quantitative estimate of drug-likeness (QED) is 0.729. The molecule has 0 amide bonds. The minimum atomic E-state index is -2.57. The summed E-state index contributed by atoms with van der Waals surface area (Å²) in [4.78, 5) is 3.77. The Bertz CT molecular complexity index is 360. The van der Waals surface area contributed by atoms with Crippen molar-refractivity contribution >= 4 is 11.6 Å². The minimum Gasteiger partial charge on any atom is -0.259 e. The van der Waals surface area contributed by atoms with Crippen molar-refractivity contribution in [2.24, 2.45) is 0 Å². The zero-order chi connectivity index (χ0) is 10.6. The largest absolute Gasteiger partial charge is 0.265 e. The Morgan fingerprint density at radius 2 is 2.29 bits per heavy atom. The number of alkyl halides is 3. The molecule has 0 aliphatic heterocycles. The van der Waals surface area contributed by atoms with Gasteiger partial charge in [0.15, 0.2) is 0 Å². The fourth-order valence-corrected chi connectivity index (χ4v) is 1.28. The molecule has 0 aliphatic rings. The molecule has 0 radical (unpaired) electrons. The van der Waals surface area contributed by atoms with E-state index in [1.165, 1.54) is 6.07 Å². The van der Waals surface area contributed by atoms with Gasteiger partial charge in [-0.15, -0.1) is 11.6 Å². The van der Waals surface area contributed by atoms with Gasteiger partial charge in [-0.05, 0) is 11.6 Å². The molecule has 1 rings (SSSR count). The van der Waals surface area contributed by atoms with Crippen molar-refractivity contribution < 1.29 is 8.78 Å². The summed E-state index contributed by atoms with van der Waals surface area (Å²) >= 11 is 5.54. The highest BCUT2D eigenvalue weighted by Gasteiger charge is 2.11. The first-order chi connectivity index (χ1) is 6.69. The van der Waals surface area contributed by atoms with Gasteiger partial charge in [0.1, 0.15) is 0 Å². The highest BCUT2D eigenvalue weighted by Crippen LogP contribution is 2.21. The molecule has 0 bridgehead atoms. The third-order valence-electron chi connectivity index (χ3n) is 1.73. The van der Waals surface area contributed by atoms with Crippen LogP contribution in [-0.2, 0) is 12.3 Å². The van der Waals surface area contributed by atoms with Crippen LogP contribution in [0.4, 0.5) is 8.78 Å². The second-order valence-corrected chi connectivity index (χ2v) is 2.91. The van der Waals surface area contributed by atoms with E-state index in [0.29, 0.717) is 11.3 Å². The Morgan fingerprint density at radius 1 is 1.57 bits per heavy atom. The Balaban J connectivity index is 3.08. The van der Waals surface area contributed by atoms with Crippen LogP contribution in [0.25, 0.3) is 0 Å². The van der Waals surface area contributed by atoms with Crippen molar-refractivity contribution in [1.82, 2.24) is 4.98 Å². The van der Waals surface area contributed by atoms with Gasteiger partial charge in [-0.2, -0.15) is 5.26 Å². The molecule has 0 aromatic carbocycles. The Morgan fingerprint density at radius 3 is 2.79 bits per heavy atom. The second kappa shape index (κ2) is 4.87. The zero-order valence-electron chi connectivity index (χ0n) is 7.17. The highest BCUT2D eigenvalue weighted by atomic mass is 35.5. The van der Waals surface area contributed by atoms with E-state index in [1.54, 1.807) is 0 Å². The first-order valence-electron chi connectivity index (χ1n) is 3.87. The average Bonchev–Trinajstić information content (AvgIpc) is 2.18. The molecule has 14 heavy (non-hydrogen) atoms.